The van der Waals surface area contributed by atoms with E-state index in [1.165, 1.54) is 0 Å². The Balaban J connectivity index is 1.25. The normalized spacial score (nSPS) is 24.3. The Morgan fingerprint density at radius 1 is 1.11 bits per heavy atom. The quantitative estimate of drug-likeness (QED) is 0.805. The second kappa shape index (κ2) is 8.64. The van der Waals surface area contributed by atoms with Gasteiger partial charge in [-0.1, -0.05) is 0 Å². The zero-order chi connectivity index (χ0) is 19.5. The number of aromatic nitrogens is 2. The van der Waals surface area contributed by atoms with E-state index in [-0.39, 0.29) is 11.8 Å². The molecular formula is C21H33N5O2. The van der Waals surface area contributed by atoms with Gasteiger partial charge in [-0.05, 0) is 52.0 Å². The van der Waals surface area contributed by atoms with Crippen LogP contribution in [0.5, 0.6) is 0 Å². The van der Waals surface area contributed by atoms with Gasteiger partial charge in [-0.15, -0.1) is 0 Å². The first-order valence-electron chi connectivity index (χ1n) is 11.0. The number of aryl methyl sites for hydroxylation is 1. The van der Waals surface area contributed by atoms with Gasteiger partial charge >= 0.3 is 0 Å². The number of rotatable bonds is 6. The third-order valence-corrected chi connectivity index (χ3v) is 6.61. The lowest BCUT2D eigenvalue weighted by atomic mass is 9.93. The van der Waals surface area contributed by atoms with Crippen molar-refractivity contribution in [3.8, 4) is 0 Å². The number of carbonyl (C=O) groups excluding carboxylic acids is 2. The van der Waals surface area contributed by atoms with Crippen LogP contribution in [-0.2, 0) is 22.7 Å². The first kappa shape index (κ1) is 19.4. The van der Waals surface area contributed by atoms with Crippen molar-refractivity contribution < 1.29 is 9.59 Å². The molecule has 2 saturated heterocycles. The lowest BCUT2D eigenvalue weighted by Crippen LogP contribution is -2.51. The number of likely N-dealkylation sites (tertiary alicyclic amines) is 2. The molecule has 7 nitrogen and oxygen atoms in total. The van der Waals surface area contributed by atoms with Gasteiger partial charge in [0.1, 0.15) is 5.82 Å². The van der Waals surface area contributed by atoms with Crippen molar-refractivity contribution in [1.29, 1.82) is 0 Å². The van der Waals surface area contributed by atoms with Crippen molar-refractivity contribution in [3.63, 3.8) is 0 Å². The summed E-state index contributed by atoms with van der Waals surface area (Å²) in [6, 6.07) is 0.512. The molecule has 3 fully saturated rings. The number of piperidine rings is 2. The SMILES string of the molecule is CCn1ccnc1CNC(=O)C1CCCN(C2CCN(C(=O)C3CC3)CC2)C1. The Hall–Kier alpha value is -1.89. The highest BCUT2D eigenvalue weighted by Gasteiger charge is 2.37. The van der Waals surface area contributed by atoms with Crippen molar-refractivity contribution in [2.45, 2.75) is 64.6 Å². The van der Waals surface area contributed by atoms with Crippen LogP contribution in [0.25, 0.3) is 0 Å². The third kappa shape index (κ3) is 4.40. The molecule has 0 radical (unpaired) electrons. The summed E-state index contributed by atoms with van der Waals surface area (Å²) in [5.41, 5.74) is 0. The monoisotopic (exact) mass is 387 g/mol. The number of imidazole rings is 1. The van der Waals surface area contributed by atoms with E-state index in [0.717, 1.165) is 77.1 Å². The molecule has 1 N–H and O–H groups in total. The zero-order valence-electron chi connectivity index (χ0n) is 17.0. The first-order valence-corrected chi connectivity index (χ1v) is 11.0. The van der Waals surface area contributed by atoms with E-state index in [1.54, 1.807) is 6.20 Å². The molecule has 0 aromatic carbocycles. The number of nitrogens with zero attached hydrogens (tertiary/aromatic N) is 4. The van der Waals surface area contributed by atoms with Crippen LogP contribution in [0.15, 0.2) is 12.4 Å². The van der Waals surface area contributed by atoms with Gasteiger partial charge in [-0.2, -0.15) is 0 Å². The minimum absolute atomic E-state index is 0.0601. The summed E-state index contributed by atoms with van der Waals surface area (Å²) < 4.78 is 2.06. The number of amides is 2. The van der Waals surface area contributed by atoms with Crippen LogP contribution in [0.2, 0.25) is 0 Å². The summed E-state index contributed by atoms with van der Waals surface area (Å²) in [6.07, 6.45) is 10.0. The molecule has 1 aromatic heterocycles. The van der Waals surface area contributed by atoms with E-state index < -0.39 is 0 Å². The van der Waals surface area contributed by atoms with Crippen molar-refractivity contribution >= 4 is 11.8 Å². The standard InChI is InChI=1S/C21H33N5O2/c1-2-24-13-9-22-19(24)14-23-20(27)17-4-3-10-26(15-17)18-7-11-25(12-8-18)21(28)16-5-6-16/h9,13,16-18H,2-8,10-12,14-15H2,1H3,(H,23,27). The van der Waals surface area contributed by atoms with Gasteiger partial charge in [0, 0.05) is 50.5 Å². The summed E-state index contributed by atoms with van der Waals surface area (Å²) in [7, 11) is 0. The molecule has 7 heteroatoms. The first-order chi connectivity index (χ1) is 13.7. The van der Waals surface area contributed by atoms with E-state index in [9.17, 15) is 9.59 Å². The zero-order valence-corrected chi connectivity index (χ0v) is 17.0. The molecule has 0 spiro atoms. The number of nitrogens with one attached hydrogen (secondary N) is 1. The molecule has 1 aliphatic carbocycles. The summed E-state index contributed by atoms with van der Waals surface area (Å²) in [5, 5.41) is 3.09. The molecule has 1 unspecified atom stereocenters. The van der Waals surface area contributed by atoms with Crippen molar-refractivity contribution in [2.75, 3.05) is 26.2 Å². The van der Waals surface area contributed by atoms with Gasteiger partial charge < -0.3 is 14.8 Å². The summed E-state index contributed by atoms with van der Waals surface area (Å²) >= 11 is 0. The number of carbonyl (C=O) groups is 2. The Bertz CT molecular complexity index is 691. The summed E-state index contributed by atoms with van der Waals surface area (Å²) in [6.45, 7) is 7.12. The molecule has 1 atom stereocenters. The summed E-state index contributed by atoms with van der Waals surface area (Å²) in [4.78, 5) is 33.9. The van der Waals surface area contributed by atoms with E-state index >= 15 is 0 Å². The largest absolute Gasteiger partial charge is 0.349 e. The van der Waals surface area contributed by atoms with Crippen molar-refractivity contribution in [1.82, 2.24) is 24.7 Å². The molecule has 2 aliphatic heterocycles. The third-order valence-electron chi connectivity index (χ3n) is 6.61. The van der Waals surface area contributed by atoms with Crippen LogP contribution in [-0.4, -0.2) is 63.4 Å². The second-order valence-corrected chi connectivity index (χ2v) is 8.51. The topological polar surface area (TPSA) is 70.5 Å². The lowest BCUT2D eigenvalue weighted by molar-refractivity contribution is -0.134. The van der Waals surface area contributed by atoms with E-state index in [0.29, 0.717) is 24.4 Å². The average molecular weight is 388 g/mol. The fourth-order valence-electron chi connectivity index (χ4n) is 4.70. The van der Waals surface area contributed by atoms with Crippen molar-refractivity contribution in [2.24, 2.45) is 11.8 Å². The Kier molecular flexibility index (Phi) is 5.99. The minimum atomic E-state index is 0.0601. The van der Waals surface area contributed by atoms with Gasteiger partial charge in [0.2, 0.25) is 11.8 Å². The molecule has 3 aliphatic rings. The van der Waals surface area contributed by atoms with Crippen LogP contribution < -0.4 is 5.32 Å². The van der Waals surface area contributed by atoms with Gasteiger partial charge in [0.15, 0.2) is 0 Å². The molecule has 2 amide bonds. The Morgan fingerprint density at radius 2 is 1.89 bits per heavy atom. The maximum absolute atomic E-state index is 12.7. The highest BCUT2D eigenvalue weighted by Crippen LogP contribution is 2.32. The fourth-order valence-corrected chi connectivity index (χ4v) is 4.70. The van der Waals surface area contributed by atoms with Gasteiger partial charge in [0.25, 0.3) is 0 Å². The molecule has 1 saturated carbocycles. The van der Waals surface area contributed by atoms with E-state index in [2.05, 4.69) is 31.6 Å². The summed E-state index contributed by atoms with van der Waals surface area (Å²) in [5.74, 6) is 1.82. The van der Waals surface area contributed by atoms with Gasteiger partial charge in [-0.3, -0.25) is 14.5 Å². The molecule has 0 bridgehead atoms. The van der Waals surface area contributed by atoms with E-state index in [4.69, 9.17) is 0 Å². The molecule has 3 heterocycles. The Morgan fingerprint density at radius 3 is 2.61 bits per heavy atom. The predicted molar refractivity (Wildman–Crippen MR) is 106 cm³/mol. The maximum atomic E-state index is 12.7. The van der Waals surface area contributed by atoms with Crippen LogP contribution in [0.4, 0.5) is 0 Å². The number of hydrogen-bond acceptors (Lipinski definition) is 4. The van der Waals surface area contributed by atoms with Crippen LogP contribution >= 0.6 is 0 Å². The highest BCUT2D eigenvalue weighted by molar-refractivity contribution is 5.81. The smallest absolute Gasteiger partial charge is 0.225 e. The molecular weight excluding hydrogens is 354 g/mol. The van der Waals surface area contributed by atoms with Crippen LogP contribution in [0.1, 0.15) is 51.3 Å². The average Bonchev–Trinajstić information content (AvgIpc) is 3.50. The van der Waals surface area contributed by atoms with E-state index in [1.807, 2.05) is 6.20 Å². The molecule has 28 heavy (non-hydrogen) atoms. The lowest BCUT2D eigenvalue weighted by Gasteiger charge is -2.42. The van der Waals surface area contributed by atoms with Crippen LogP contribution in [0.3, 0.4) is 0 Å². The Labute approximate surface area is 167 Å². The fraction of sp³-hybridized carbons (Fsp3) is 0.762. The van der Waals surface area contributed by atoms with Crippen LogP contribution in [0, 0.1) is 11.8 Å². The highest BCUT2D eigenvalue weighted by atomic mass is 16.2. The number of hydrogen-bond donors (Lipinski definition) is 1. The maximum Gasteiger partial charge on any atom is 0.225 e. The van der Waals surface area contributed by atoms with Gasteiger partial charge in [0.05, 0.1) is 12.5 Å². The molecule has 154 valence electrons. The van der Waals surface area contributed by atoms with Crippen molar-refractivity contribution in [3.05, 3.63) is 18.2 Å². The minimum Gasteiger partial charge on any atom is -0.349 e. The predicted octanol–water partition coefficient (Wildman–Crippen LogP) is 1.63. The van der Waals surface area contributed by atoms with Gasteiger partial charge in [-0.25, -0.2) is 4.98 Å². The molecule has 4 rings (SSSR count). The second-order valence-electron chi connectivity index (χ2n) is 8.51. The molecule has 1 aromatic rings.